The van der Waals surface area contributed by atoms with E-state index in [1.165, 1.54) is 29.5 Å². The number of fused-ring (bicyclic) bond motifs is 1. The highest BCUT2D eigenvalue weighted by Gasteiger charge is 2.20. The molecule has 3 rings (SSSR count). The summed E-state index contributed by atoms with van der Waals surface area (Å²) in [5, 5.41) is 1.23. The molecule has 1 unspecified atom stereocenters. The molecule has 0 bridgehead atoms. The summed E-state index contributed by atoms with van der Waals surface area (Å²) in [5.41, 5.74) is 9.65. The van der Waals surface area contributed by atoms with Crippen molar-refractivity contribution in [3.05, 3.63) is 35.5 Å². The van der Waals surface area contributed by atoms with Crippen LogP contribution in [-0.4, -0.2) is 34.5 Å². The number of benzene rings is 1. The van der Waals surface area contributed by atoms with Gasteiger partial charge in [0, 0.05) is 35.7 Å². The number of rotatable bonds is 4. The number of carbonyl (C=O) groups excluding carboxylic acids is 1. The number of amides is 1. The van der Waals surface area contributed by atoms with Crippen LogP contribution in [0.1, 0.15) is 43.9 Å². The fraction of sp³-hybridized carbons (Fsp3) is 0.550. The lowest BCUT2D eigenvalue weighted by Gasteiger charge is -2.21. The van der Waals surface area contributed by atoms with Gasteiger partial charge < -0.3 is 15.2 Å². The highest BCUT2D eigenvalue weighted by atomic mass is 35.5. The van der Waals surface area contributed by atoms with E-state index in [1.807, 2.05) is 17.9 Å². The third-order valence-electron chi connectivity index (χ3n) is 5.14. The van der Waals surface area contributed by atoms with E-state index < -0.39 is 0 Å². The van der Waals surface area contributed by atoms with E-state index in [4.69, 9.17) is 5.73 Å². The van der Waals surface area contributed by atoms with Gasteiger partial charge in [0.1, 0.15) is 6.54 Å². The zero-order valence-corrected chi connectivity index (χ0v) is 16.1. The second-order valence-electron chi connectivity index (χ2n) is 7.14. The van der Waals surface area contributed by atoms with Crippen molar-refractivity contribution in [1.82, 2.24) is 9.47 Å². The van der Waals surface area contributed by atoms with E-state index in [0.29, 0.717) is 6.54 Å². The molecule has 1 aliphatic rings. The van der Waals surface area contributed by atoms with Crippen LogP contribution in [0.5, 0.6) is 0 Å². The van der Waals surface area contributed by atoms with Gasteiger partial charge in [-0.2, -0.15) is 0 Å². The molecule has 1 atom stereocenters. The molecule has 1 saturated heterocycles. The van der Waals surface area contributed by atoms with Crippen LogP contribution >= 0.6 is 12.4 Å². The summed E-state index contributed by atoms with van der Waals surface area (Å²) in [6.45, 7) is 6.40. The van der Waals surface area contributed by atoms with Gasteiger partial charge in [-0.1, -0.05) is 31.0 Å². The van der Waals surface area contributed by atoms with Crippen molar-refractivity contribution in [2.75, 3.05) is 13.1 Å². The summed E-state index contributed by atoms with van der Waals surface area (Å²) in [6, 6.07) is 8.48. The van der Waals surface area contributed by atoms with E-state index in [0.717, 1.165) is 37.9 Å². The average molecular weight is 364 g/mol. The number of aromatic nitrogens is 1. The molecule has 1 aromatic heterocycles. The normalized spacial score (nSPS) is 16.4. The number of halogens is 1. The van der Waals surface area contributed by atoms with Gasteiger partial charge in [0.15, 0.2) is 0 Å². The van der Waals surface area contributed by atoms with Crippen molar-refractivity contribution >= 4 is 29.2 Å². The van der Waals surface area contributed by atoms with Crippen LogP contribution in [0, 0.1) is 6.92 Å². The molecule has 0 radical (unpaired) electrons. The molecule has 0 saturated carbocycles. The summed E-state index contributed by atoms with van der Waals surface area (Å²) >= 11 is 0. The fourth-order valence-electron chi connectivity index (χ4n) is 3.84. The van der Waals surface area contributed by atoms with Gasteiger partial charge in [-0.05, 0) is 44.7 Å². The molecular weight excluding hydrogens is 334 g/mol. The minimum absolute atomic E-state index is 0. The maximum absolute atomic E-state index is 12.8. The van der Waals surface area contributed by atoms with Crippen molar-refractivity contribution in [3.63, 3.8) is 0 Å². The molecule has 138 valence electrons. The number of hydrogen-bond donors (Lipinski definition) is 1. The number of likely N-dealkylation sites (tertiary alicyclic amines) is 1. The first-order chi connectivity index (χ1) is 11.6. The first-order valence-electron chi connectivity index (χ1n) is 9.18. The Balaban J connectivity index is 0.00000225. The van der Waals surface area contributed by atoms with Crippen molar-refractivity contribution in [2.24, 2.45) is 5.73 Å². The largest absolute Gasteiger partial charge is 0.341 e. The monoisotopic (exact) mass is 363 g/mol. The van der Waals surface area contributed by atoms with Gasteiger partial charge in [0.25, 0.3) is 0 Å². The molecule has 2 N–H and O–H groups in total. The Morgan fingerprint density at radius 2 is 1.80 bits per heavy atom. The Labute approximate surface area is 156 Å². The Hall–Kier alpha value is -1.52. The van der Waals surface area contributed by atoms with Gasteiger partial charge in [-0.15, -0.1) is 12.4 Å². The van der Waals surface area contributed by atoms with E-state index in [9.17, 15) is 4.79 Å². The predicted octanol–water partition coefficient (Wildman–Crippen LogP) is 3.66. The molecule has 0 spiro atoms. The average Bonchev–Trinajstić information content (AvgIpc) is 2.77. The first kappa shape index (κ1) is 19.8. The number of nitrogens with zero attached hydrogens (tertiary/aromatic N) is 2. The van der Waals surface area contributed by atoms with E-state index >= 15 is 0 Å². The minimum atomic E-state index is 0. The lowest BCUT2D eigenvalue weighted by molar-refractivity contribution is -0.131. The van der Waals surface area contributed by atoms with Gasteiger partial charge in [-0.3, -0.25) is 4.79 Å². The van der Waals surface area contributed by atoms with Gasteiger partial charge in [0.2, 0.25) is 5.91 Å². The molecule has 1 fully saturated rings. The maximum Gasteiger partial charge on any atom is 0.242 e. The van der Waals surface area contributed by atoms with Crippen molar-refractivity contribution in [2.45, 2.75) is 58.5 Å². The SMILES string of the molecule is Cc1c(CC(C)N)c2ccccc2n1CC(=O)N1CCCCCC1.Cl. The molecule has 1 aromatic carbocycles. The van der Waals surface area contributed by atoms with Crippen LogP contribution in [0.25, 0.3) is 10.9 Å². The summed E-state index contributed by atoms with van der Waals surface area (Å²) in [4.78, 5) is 14.9. The van der Waals surface area contributed by atoms with Crippen molar-refractivity contribution in [1.29, 1.82) is 0 Å². The summed E-state index contributed by atoms with van der Waals surface area (Å²) in [5.74, 6) is 0.244. The van der Waals surface area contributed by atoms with Crippen LogP contribution in [-0.2, 0) is 17.8 Å². The number of para-hydroxylation sites is 1. The number of nitrogens with two attached hydrogens (primary N) is 1. The Morgan fingerprint density at radius 3 is 2.44 bits per heavy atom. The van der Waals surface area contributed by atoms with Crippen molar-refractivity contribution < 1.29 is 4.79 Å². The molecule has 1 aliphatic heterocycles. The van der Waals surface area contributed by atoms with Crippen LogP contribution in [0.3, 0.4) is 0 Å². The molecule has 1 amide bonds. The molecule has 0 aliphatic carbocycles. The number of hydrogen-bond acceptors (Lipinski definition) is 2. The molecule has 5 heteroatoms. The standard InChI is InChI=1S/C20H29N3O.ClH/c1-15(21)13-18-16(2)23(19-10-6-5-9-17(18)19)14-20(24)22-11-7-3-4-8-12-22;/h5-6,9-10,15H,3-4,7-8,11-14,21H2,1-2H3;1H. The van der Waals surface area contributed by atoms with E-state index in [2.05, 4.69) is 29.7 Å². The maximum atomic E-state index is 12.8. The minimum Gasteiger partial charge on any atom is -0.341 e. The summed E-state index contributed by atoms with van der Waals surface area (Å²) in [6.07, 6.45) is 5.60. The molecule has 2 aromatic rings. The lowest BCUT2D eigenvalue weighted by Crippen LogP contribution is -2.34. The lowest BCUT2D eigenvalue weighted by atomic mass is 10.0. The Kier molecular flexibility index (Phi) is 6.91. The van der Waals surface area contributed by atoms with Gasteiger partial charge >= 0.3 is 0 Å². The van der Waals surface area contributed by atoms with Gasteiger partial charge in [-0.25, -0.2) is 0 Å². The zero-order chi connectivity index (χ0) is 17.1. The Morgan fingerprint density at radius 1 is 1.16 bits per heavy atom. The molecular formula is C20H30ClN3O. The van der Waals surface area contributed by atoms with E-state index in [1.54, 1.807) is 0 Å². The van der Waals surface area contributed by atoms with Crippen LogP contribution in [0.15, 0.2) is 24.3 Å². The van der Waals surface area contributed by atoms with Crippen LogP contribution < -0.4 is 5.73 Å². The summed E-state index contributed by atoms with van der Waals surface area (Å²) in [7, 11) is 0. The van der Waals surface area contributed by atoms with Crippen molar-refractivity contribution in [3.8, 4) is 0 Å². The third-order valence-corrected chi connectivity index (χ3v) is 5.14. The van der Waals surface area contributed by atoms with E-state index in [-0.39, 0.29) is 24.4 Å². The Bertz CT molecular complexity index is 715. The van der Waals surface area contributed by atoms with Crippen LogP contribution in [0.2, 0.25) is 0 Å². The number of carbonyl (C=O) groups is 1. The summed E-state index contributed by atoms with van der Waals surface area (Å²) < 4.78 is 2.18. The molecule has 25 heavy (non-hydrogen) atoms. The second-order valence-corrected chi connectivity index (χ2v) is 7.14. The first-order valence-corrected chi connectivity index (χ1v) is 9.18. The smallest absolute Gasteiger partial charge is 0.242 e. The highest BCUT2D eigenvalue weighted by molar-refractivity contribution is 5.87. The highest BCUT2D eigenvalue weighted by Crippen LogP contribution is 2.27. The zero-order valence-electron chi connectivity index (χ0n) is 15.3. The van der Waals surface area contributed by atoms with Gasteiger partial charge in [0.05, 0.1) is 0 Å². The van der Waals surface area contributed by atoms with Crippen LogP contribution in [0.4, 0.5) is 0 Å². The topological polar surface area (TPSA) is 51.3 Å². The third kappa shape index (κ3) is 4.36. The second kappa shape index (κ2) is 8.72. The predicted molar refractivity (Wildman–Crippen MR) is 106 cm³/mol. The molecule has 2 heterocycles. The quantitative estimate of drug-likeness (QED) is 0.901. The molecule has 4 nitrogen and oxygen atoms in total. The fourth-order valence-corrected chi connectivity index (χ4v) is 3.84.